The van der Waals surface area contributed by atoms with Gasteiger partial charge in [0.15, 0.2) is 5.75 Å². The largest absolute Gasteiger partial charge is 0.482 e. The lowest BCUT2D eigenvalue weighted by atomic mass is 10.1. The van der Waals surface area contributed by atoms with Gasteiger partial charge in [0, 0.05) is 12.4 Å². The molecule has 0 spiro atoms. The molecular formula is C16H17N5O3. The molecule has 0 aliphatic carbocycles. The number of carbonyl (C=O) groups is 1. The standard InChI is InChI=1S/C16H17N5O3/c1-21-7-11(6-18-21)24-14-9-23-8-13(14)19-16(22)12-4-2-3-10-5-17-20-15(10)12/h2-7,13-14H,8-9H2,1H3,(H,17,20)(H,19,22)/t13-,14+/m0/s1. The summed E-state index contributed by atoms with van der Waals surface area (Å²) in [5.41, 5.74) is 1.27. The van der Waals surface area contributed by atoms with Gasteiger partial charge < -0.3 is 14.8 Å². The van der Waals surface area contributed by atoms with Crippen molar-refractivity contribution in [2.24, 2.45) is 7.05 Å². The second-order valence-corrected chi connectivity index (χ2v) is 5.76. The Morgan fingerprint density at radius 3 is 3.17 bits per heavy atom. The molecule has 8 nitrogen and oxygen atoms in total. The highest BCUT2D eigenvalue weighted by Crippen LogP contribution is 2.19. The number of nitrogens with zero attached hydrogens (tertiary/aromatic N) is 3. The molecule has 1 aliphatic heterocycles. The minimum absolute atomic E-state index is 0.180. The molecule has 2 N–H and O–H groups in total. The van der Waals surface area contributed by atoms with Crippen molar-refractivity contribution in [1.82, 2.24) is 25.3 Å². The second-order valence-electron chi connectivity index (χ2n) is 5.76. The number of aromatic nitrogens is 4. The van der Waals surface area contributed by atoms with Crippen LogP contribution in [0.25, 0.3) is 10.9 Å². The lowest BCUT2D eigenvalue weighted by Crippen LogP contribution is -2.45. The van der Waals surface area contributed by atoms with Crippen molar-refractivity contribution < 1.29 is 14.3 Å². The lowest BCUT2D eigenvalue weighted by Gasteiger charge is -2.19. The van der Waals surface area contributed by atoms with Crippen molar-refractivity contribution in [3.63, 3.8) is 0 Å². The molecule has 0 bridgehead atoms. The van der Waals surface area contributed by atoms with Crippen LogP contribution >= 0.6 is 0 Å². The topological polar surface area (TPSA) is 94.1 Å². The zero-order valence-corrected chi connectivity index (χ0v) is 13.1. The Morgan fingerprint density at radius 2 is 2.33 bits per heavy atom. The van der Waals surface area contributed by atoms with Gasteiger partial charge in [-0.15, -0.1) is 0 Å². The molecule has 0 saturated carbocycles. The second kappa shape index (κ2) is 5.97. The fourth-order valence-electron chi connectivity index (χ4n) is 2.82. The Bertz CT molecular complexity index is 871. The number of hydrogen-bond donors (Lipinski definition) is 2. The SMILES string of the molecule is Cn1cc(O[C@@H]2COC[C@@H]2NC(=O)c2cccc3cn[nH]c23)cn1. The molecule has 1 aromatic carbocycles. The van der Waals surface area contributed by atoms with E-state index in [2.05, 4.69) is 20.6 Å². The summed E-state index contributed by atoms with van der Waals surface area (Å²) in [6, 6.07) is 5.28. The summed E-state index contributed by atoms with van der Waals surface area (Å²) < 4.78 is 13.0. The van der Waals surface area contributed by atoms with Gasteiger partial charge in [-0.1, -0.05) is 12.1 Å². The van der Waals surface area contributed by atoms with Crippen LogP contribution in [0.4, 0.5) is 0 Å². The average Bonchev–Trinajstić information content (AvgIpc) is 3.29. The first-order valence-corrected chi connectivity index (χ1v) is 7.67. The molecule has 1 fully saturated rings. The minimum Gasteiger partial charge on any atom is -0.482 e. The van der Waals surface area contributed by atoms with E-state index in [4.69, 9.17) is 9.47 Å². The van der Waals surface area contributed by atoms with Crippen molar-refractivity contribution in [3.8, 4) is 5.75 Å². The van der Waals surface area contributed by atoms with Crippen LogP contribution in [0, 0.1) is 0 Å². The number of rotatable bonds is 4. The van der Waals surface area contributed by atoms with Crippen LogP contribution in [0.3, 0.4) is 0 Å². The maximum absolute atomic E-state index is 12.6. The number of H-pyrrole nitrogens is 1. The summed E-state index contributed by atoms with van der Waals surface area (Å²) in [7, 11) is 1.82. The number of nitrogens with one attached hydrogen (secondary N) is 2. The number of benzene rings is 1. The molecule has 3 heterocycles. The van der Waals surface area contributed by atoms with Gasteiger partial charge >= 0.3 is 0 Å². The number of carbonyl (C=O) groups excluding carboxylic acids is 1. The highest BCUT2D eigenvalue weighted by molar-refractivity contribution is 6.05. The van der Waals surface area contributed by atoms with E-state index in [9.17, 15) is 4.79 Å². The summed E-state index contributed by atoms with van der Waals surface area (Å²) in [6.45, 7) is 0.837. The first-order chi connectivity index (χ1) is 11.7. The van der Waals surface area contributed by atoms with Crippen molar-refractivity contribution in [3.05, 3.63) is 42.4 Å². The van der Waals surface area contributed by atoms with E-state index >= 15 is 0 Å². The summed E-state index contributed by atoms with van der Waals surface area (Å²) in [6.07, 6.45) is 4.86. The quantitative estimate of drug-likeness (QED) is 0.742. The van der Waals surface area contributed by atoms with Crippen LogP contribution in [0.15, 0.2) is 36.8 Å². The van der Waals surface area contributed by atoms with Gasteiger partial charge in [-0.25, -0.2) is 0 Å². The van der Waals surface area contributed by atoms with E-state index < -0.39 is 0 Å². The monoisotopic (exact) mass is 327 g/mol. The molecule has 1 aliphatic rings. The van der Waals surface area contributed by atoms with Crippen molar-refractivity contribution in [1.29, 1.82) is 0 Å². The molecule has 3 aromatic rings. The fraction of sp³-hybridized carbons (Fsp3) is 0.312. The fourth-order valence-corrected chi connectivity index (χ4v) is 2.82. The zero-order valence-electron chi connectivity index (χ0n) is 13.1. The average molecular weight is 327 g/mol. The number of hydrogen-bond acceptors (Lipinski definition) is 5. The van der Waals surface area contributed by atoms with Gasteiger partial charge in [0.2, 0.25) is 0 Å². The summed E-state index contributed by atoms with van der Waals surface area (Å²) >= 11 is 0. The van der Waals surface area contributed by atoms with Crippen molar-refractivity contribution in [2.45, 2.75) is 12.1 Å². The van der Waals surface area contributed by atoms with Gasteiger partial charge in [0.05, 0.1) is 48.9 Å². The molecule has 0 unspecified atom stereocenters. The van der Waals surface area contributed by atoms with Crippen molar-refractivity contribution >= 4 is 16.8 Å². The van der Waals surface area contributed by atoms with E-state index in [-0.39, 0.29) is 18.1 Å². The minimum atomic E-state index is -0.251. The molecule has 124 valence electrons. The lowest BCUT2D eigenvalue weighted by molar-refractivity contribution is 0.0905. The summed E-state index contributed by atoms with van der Waals surface area (Å²) in [5.74, 6) is 0.475. The molecule has 2 atom stereocenters. The van der Waals surface area contributed by atoms with Gasteiger partial charge in [0.1, 0.15) is 6.10 Å². The number of para-hydroxylation sites is 1. The van der Waals surface area contributed by atoms with Crippen LogP contribution in [-0.2, 0) is 11.8 Å². The van der Waals surface area contributed by atoms with E-state index in [1.807, 2.05) is 19.2 Å². The molecule has 0 radical (unpaired) electrons. The smallest absolute Gasteiger partial charge is 0.253 e. The Morgan fingerprint density at radius 1 is 1.42 bits per heavy atom. The highest BCUT2D eigenvalue weighted by atomic mass is 16.5. The normalized spacial score (nSPS) is 20.4. The van der Waals surface area contributed by atoms with Gasteiger partial charge in [-0.2, -0.15) is 10.2 Å². The number of ether oxygens (including phenoxy) is 2. The molecular weight excluding hydrogens is 310 g/mol. The Labute approximate surface area is 137 Å². The predicted molar refractivity (Wildman–Crippen MR) is 85.8 cm³/mol. The first kappa shape index (κ1) is 14.7. The Kier molecular flexibility index (Phi) is 3.66. The maximum atomic E-state index is 12.6. The van der Waals surface area contributed by atoms with Gasteiger partial charge in [-0.3, -0.25) is 14.6 Å². The van der Waals surface area contributed by atoms with Crippen LogP contribution in [-0.4, -0.2) is 51.2 Å². The molecule has 4 rings (SSSR count). The molecule has 24 heavy (non-hydrogen) atoms. The van der Waals surface area contributed by atoms with Crippen LogP contribution < -0.4 is 10.1 Å². The Balaban J connectivity index is 1.49. The van der Waals surface area contributed by atoms with Gasteiger partial charge in [0.25, 0.3) is 5.91 Å². The third-order valence-corrected chi connectivity index (χ3v) is 4.03. The third-order valence-electron chi connectivity index (χ3n) is 4.03. The Hall–Kier alpha value is -2.87. The molecule has 1 amide bonds. The van der Waals surface area contributed by atoms with E-state index in [1.165, 1.54) is 0 Å². The van der Waals surface area contributed by atoms with E-state index in [0.29, 0.717) is 24.5 Å². The number of amides is 1. The van der Waals surface area contributed by atoms with Crippen LogP contribution in [0.1, 0.15) is 10.4 Å². The van der Waals surface area contributed by atoms with E-state index in [1.54, 1.807) is 29.3 Å². The summed E-state index contributed by atoms with van der Waals surface area (Å²) in [5, 5.41) is 14.8. The van der Waals surface area contributed by atoms with Crippen LogP contribution in [0.2, 0.25) is 0 Å². The van der Waals surface area contributed by atoms with Crippen molar-refractivity contribution in [2.75, 3.05) is 13.2 Å². The zero-order chi connectivity index (χ0) is 16.5. The summed E-state index contributed by atoms with van der Waals surface area (Å²) in [4.78, 5) is 12.6. The number of fused-ring (bicyclic) bond motifs is 1. The van der Waals surface area contributed by atoms with Gasteiger partial charge in [-0.05, 0) is 6.07 Å². The number of aromatic amines is 1. The van der Waals surface area contributed by atoms with Crippen LogP contribution in [0.5, 0.6) is 5.75 Å². The highest BCUT2D eigenvalue weighted by Gasteiger charge is 2.32. The number of aryl methyl sites for hydroxylation is 1. The molecule has 2 aromatic heterocycles. The predicted octanol–water partition coefficient (Wildman–Crippen LogP) is 0.873. The third kappa shape index (κ3) is 2.71. The van der Waals surface area contributed by atoms with E-state index in [0.717, 1.165) is 10.9 Å². The maximum Gasteiger partial charge on any atom is 0.253 e. The molecule has 8 heteroatoms. The first-order valence-electron chi connectivity index (χ1n) is 7.67. The molecule has 1 saturated heterocycles.